The van der Waals surface area contributed by atoms with Crippen LogP contribution in [0.5, 0.6) is 11.5 Å². The average Bonchev–Trinajstić information content (AvgIpc) is 3.14. The van der Waals surface area contributed by atoms with Gasteiger partial charge in [0.05, 0.1) is 25.7 Å². The zero-order chi connectivity index (χ0) is 19.2. The van der Waals surface area contributed by atoms with Crippen LogP contribution in [-0.4, -0.2) is 46.1 Å². The summed E-state index contributed by atoms with van der Waals surface area (Å²) in [5.41, 5.74) is 2.52. The fourth-order valence-corrected chi connectivity index (χ4v) is 3.09. The van der Waals surface area contributed by atoms with Crippen LogP contribution in [0.4, 0.5) is 5.69 Å². The van der Waals surface area contributed by atoms with Crippen LogP contribution in [0, 0.1) is 6.92 Å². The second-order valence-corrected chi connectivity index (χ2v) is 6.59. The van der Waals surface area contributed by atoms with Gasteiger partial charge in [-0.15, -0.1) is 5.10 Å². The molecular formula is C18H19N5O3S. The molecule has 1 heterocycles. The van der Waals surface area contributed by atoms with Gasteiger partial charge >= 0.3 is 0 Å². The summed E-state index contributed by atoms with van der Waals surface area (Å²) in [6, 6.07) is 13.0. The van der Waals surface area contributed by atoms with Gasteiger partial charge in [-0.3, -0.25) is 4.79 Å². The van der Waals surface area contributed by atoms with E-state index in [1.165, 1.54) is 16.4 Å². The van der Waals surface area contributed by atoms with Crippen LogP contribution in [0.1, 0.15) is 5.56 Å². The average molecular weight is 385 g/mol. The first-order valence-electron chi connectivity index (χ1n) is 8.10. The van der Waals surface area contributed by atoms with Crippen molar-refractivity contribution in [2.75, 3.05) is 25.3 Å². The van der Waals surface area contributed by atoms with Crippen LogP contribution in [0.3, 0.4) is 0 Å². The van der Waals surface area contributed by atoms with E-state index in [4.69, 9.17) is 9.47 Å². The van der Waals surface area contributed by atoms with Crippen molar-refractivity contribution >= 4 is 23.4 Å². The molecule has 0 atom stereocenters. The number of tetrazole rings is 1. The van der Waals surface area contributed by atoms with Gasteiger partial charge in [0.1, 0.15) is 11.5 Å². The molecule has 0 unspecified atom stereocenters. The molecule has 1 aromatic heterocycles. The number of aromatic nitrogens is 4. The molecule has 0 aliphatic carbocycles. The maximum atomic E-state index is 12.2. The van der Waals surface area contributed by atoms with Gasteiger partial charge in [-0.25, -0.2) is 0 Å². The Morgan fingerprint density at radius 3 is 2.56 bits per heavy atom. The van der Waals surface area contributed by atoms with E-state index in [9.17, 15) is 4.79 Å². The third-order valence-electron chi connectivity index (χ3n) is 3.66. The van der Waals surface area contributed by atoms with Crippen molar-refractivity contribution in [3.8, 4) is 17.2 Å². The van der Waals surface area contributed by atoms with Crippen LogP contribution in [-0.2, 0) is 4.79 Å². The Morgan fingerprint density at radius 2 is 1.89 bits per heavy atom. The van der Waals surface area contributed by atoms with Crippen LogP contribution in [0.15, 0.2) is 47.6 Å². The van der Waals surface area contributed by atoms with Gasteiger partial charge in [0, 0.05) is 23.9 Å². The summed E-state index contributed by atoms with van der Waals surface area (Å²) in [6.07, 6.45) is 0. The molecule has 0 spiro atoms. The van der Waals surface area contributed by atoms with Crippen LogP contribution in [0.25, 0.3) is 5.69 Å². The second-order valence-electron chi connectivity index (χ2n) is 5.65. The molecule has 0 bridgehead atoms. The van der Waals surface area contributed by atoms with Crippen molar-refractivity contribution < 1.29 is 14.3 Å². The SMILES string of the molecule is COc1cc(OC)cc(-n2nnnc2SCC(=O)Nc2cccc(C)c2)c1. The minimum atomic E-state index is -0.136. The third kappa shape index (κ3) is 4.76. The highest BCUT2D eigenvalue weighted by molar-refractivity contribution is 7.99. The number of nitrogens with one attached hydrogen (secondary N) is 1. The van der Waals surface area contributed by atoms with E-state index in [1.54, 1.807) is 32.4 Å². The van der Waals surface area contributed by atoms with Gasteiger partial charge in [-0.1, -0.05) is 23.9 Å². The van der Waals surface area contributed by atoms with Crippen molar-refractivity contribution in [2.24, 2.45) is 0 Å². The fourth-order valence-electron chi connectivity index (χ4n) is 2.40. The van der Waals surface area contributed by atoms with E-state index in [-0.39, 0.29) is 11.7 Å². The van der Waals surface area contributed by atoms with Crippen molar-refractivity contribution in [1.82, 2.24) is 20.2 Å². The quantitative estimate of drug-likeness (QED) is 0.625. The summed E-state index contributed by atoms with van der Waals surface area (Å²) in [7, 11) is 3.15. The van der Waals surface area contributed by atoms with Crippen LogP contribution < -0.4 is 14.8 Å². The number of carbonyl (C=O) groups excluding carboxylic acids is 1. The summed E-state index contributed by atoms with van der Waals surface area (Å²) in [6.45, 7) is 1.97. The number of hydrogen-bond acceptors (Lipinski definition) is 7. The molecule has 0 aliphatic rings. The maximum absolute atomic E-state index is 12.2. The largest absolute Gasteiger partial charge is 0.497 e. The smallest absolute Gasteiger partial charge is 0.234 e. The zero-order valence-corrected chi connectivity index (χ0v) is 16.0. The molecule has 27 heavy (non-hydrogen) atoms. The number of benzene rings is 2. The molecule has 3 aromatic rings. The summed E-state index contributed by atoms with van der Waals surface area (Å²) >= 11 is 1.24. The lowest BCUT2D eigenvalue weighted by atomic mass is 10.2. The number of nitrogens with zero attached hydrogens (tertiary/aromatic N) is 4. The Kier molecular flexibility index (Phi) is 5.92. The van der Waals surface area contributed by atoms with Crippen molar-refractivity contribution in [3.05, 3.63) is 48.0 Å². The lowest BCUT2D eigenvalue weighted by molar-refractivity contribution is -0.113. The number of rotatable bonds is 7. The third-order valence-corrected chi connectivity index (χ3v) is 4.58. The first kappa shape index (κ1) is 18.7. The number of aryl methyl sites for hydroxylation is 1. The van der Waals surface area contributed by atoms with Gasteiger partial charge in [0.2, 0.25) is 11.1 Å². The molecule has 0 radical (unpaired) electrons. The maximum Gasteiger partial charge on any atom is 0.234 e. The number of carbonyl (C=O) groups is 1. The van der Waals surface area contributed by atoms with Crippen LogP contribution in [0.2, 0.25) is 0 Å². The summed E-state index contributed by atoms with van der Waals surface area (Å²) < 4.78 is 12.1. The number of thioether (sulfide) groups is 1. The number of ether oxygens (including phenoxy) is 2. The summed E-state index contributed by atoms with van der Waals surface area (Å²) in [5.74, 6) is 1.28. The highest BCUT2D eigenvalue weighted by Gasteiger charge is 2.14. The predicted octanol–water partition coefficient (Wildman–Crippen LogP) is 2.72. The molecule has 1 N–H and O–H groups in total. The van der Waals surface area contributed by atoms with Crippen molar-refractivity contribution in [2.45, 2.75) is 12.1 Å². The fraction of sp³-hybridized carbons (Fsp3) is 0.222. The van der Waals surface area contributed by atoms with E-state index >= 15 is 0 Å². The Bertz CT molecular complexity index is 922. The molecule has 9 heteroatoms. The van der Waals surface area contributed by atoms with E-state index in [0.29, 0.717) is 22.3 Å². The number of methoxy groups -OCH3 is 2. The van der Waals surface area contributed by atoms with Gasteiger partial charge in [0.25, 0.3) is 0 Å². The molecule has 2 aromatic carbocycles. The Balaban J connectivity index is 1.71. The van der Waals surface area contributed by atoms with Gasteiger partial charge in [0.15, 0.2) is 0 Å². The van der Waals surface area contributed by atoms with E-state index in [0.717, 1.165) is 11.3 Å². The Labute approximate surface area is 160 Å². The number of hydrogen-bond donors (Lipinski definition) is 1. The van der Waals surface area contributed by atoms with Crippen LogP contribution >= 0.6 is 11.8 Å². The first-order chi connectivity index (χ1) is 13.1. The standard InChI is InChI=1S/C18H19N5O3S/c1-12-5-4-6-13(7-12)19-17(24)11-27-18-20-21-22-23(18)14-8-15(25-2)10-16(9-14)26-3/h4-10H,11H2,1-3H3,(H,19,24). The Morgan fingerprint density at radius 1 is 1.15 bits per heavy atom. The minimum Gasteiger partial charge on any atom is -0.497 e. The van der Waals surface area contributed by atoms with Crippen molar-refractivity contribution in [1.29, 1.82) is 0 Å². The molecule has 0 saturated heterocycles. The summed E-state index contributed by atoms with van der Waals surface area (Å²) in [5, 5.41) is 15.1. The molecule has 0 aliphatic heterocycles. The second kappa shape index (κ2) is 8.54. The van der Waals surface area contributed by atoms with E-state index < -0.39 is 0 Å². The lowest BCUT2D eigenvalue weighted by Gasteiger charge is -2.09. The molecule has 1 amide bonds. The topological polar surface area (TPSA) is 91.2 Å². The molecular weight excluding hydrogens is 366 g/mol. The number of amides is 1. The van der Waals surface area contributed by atoms with E-state index in [2.05, 4.69) is 20.8 Å². The van der Waals surface area contributed by atoms with Gasteiger partial charge in [-0.2, -0.15) is 4.68 Å². The molecule has 8 nitrogen and oxygen atoms in total. The van der Waals surface area contributed by atoms with Gasteiger partial charge < -0.3 is 14.8 Å². The van der Waals surface area contributed by atoms with Gasteiger partial charge in [-0.05, 0) is 35.0 Å². The first-order valence-corrected chi connectivity index (χ1v) is 9.09. The summed E-state index contributed by atoms with van der Waals surface area (Å²) in [4.78, 5) is 12.2. The number of anilines is 1. The normalized spacial score (nSPS) is 10.5. The molecule has 3 rings (SSSR count). The Hall–Kier alpha value is -3.07. The highest BCUT2D eigenvalue weighted by atomic mass is 32.2. The molecule has 140 valence electrons. The lowest BCUT2D eigenvalue weighted by Crippen LogP contribution is -2.14. The van der Waals surface area contributed by atoms with E-state index in [1.807, 2.05) is 31.2 Å². The molecule has 0 fully saturated rings. The monoisotopic (exact) mass is 385 g/mol. The highest BCUT2D eigenvalue weighted by Crippen LogP contribution is 2.27. The minimum absolute atomic E-state index is 0.136. The molecule has 0 saturated carbocycles. The predicted molar refractivity (Wildman–Crippen MR) is 103 cm³/mol. The van der Waals surface area contributed by atoms with Crippen molar-refractivity contribution in [3.63, 3.8) is 0 Å². The zero-order valence-electron chi connectivity index (χ0n) is 15.2.